The third-order valence-electron chi connectivity index (χ3n) is 4.06. The second-order valence-corrected chi connectivity index (χ2v) is 7.67. The lowest BCUT2D eigenvalue weighted by atomic mass is 10.1. The molecule has 0 saturated carbocycles. The zero-order valence-corrected chi connectivity index (χ0v) is 17.3. The van der Waals surface area contributed by atoms with Crippen molar-refractivity contribution in [2.75, 3.05) is 0 Å². The molecule has 0 spiro atoms. The molecular weight excluding hydrogens is 435 g/mol. The summed E-state index contributed by atoms with van der Waals surface area (Å²) in [5.41, 5.74) is 4.32. The second-order valence-electron chi connectivity index (χ2n) is 5.98. The van der Waals surface area contributed by atoms with Gasteiger partial charge < -0.3 is 10.2 Å². The van der Waals surface area contributed by atoms with Gasteiger partial charge in [-0.15, -0.1) is 11.3 Å². The Hall–Kier alpha value is -2.87. The molecule has 0 atom stereocenters. The van der Waals surface area contributed by atoms with Crippen LogP contribution in [0.3, 0.4) is 0 Å². The zero-order chi connectivity index (χ0) is 21.1. The minimum atomic E-state index is -1.07. The molecule has 2 aromatic carbocycles. The van der Waals surface area contributed by atoms with Crippen molar-refractivity contribution in [3.63, 3.8) is 0 Å². The number of carboxylic acids is 1. The van der Waals surface area contributed by atoms with Crippen LogP contribution in [-0.4, -0.2) is 27.8 Å². The number of benzene rings is 2. The molecule has 0 aliphatic rings. The van der Waals surface area contributed by atoms with Crippen LogP contribution in [0.5, 0.6) is 5.75 Å². The fourth-order valence-corrected chi connectivity index (χ4v) is 3.77. The van der Waals surface area contributed by atoms with E-state index in [2.05, 4.69) is 10.5 Å². The number of carbonyl (C=O) groups is 2. The highest BCUT2D eigenvalue weighted by atomic mass is 35.5. The zero-order valence-electron chi connectivity index (χ0n) is 14.9. The second kappa shape index (κ2) is 8.65. The van der Waals surface area contributed by atoms with Crippen molar-refractivity contribution in [1.82, 2.24) is 5.43 Å². The molecule has 1 amide bonds. The Kier molecular flexibility index (Phi) is 6.22. The topological polar surface area (TPSA) is 99.0 Å². The summed E-state index contributed by atoms with van der Waals surface area (Å²) in [5, 5.41) is 26.0. The van der Waals surface area contributed by atoms with E-state index in [1.165, 1.54) is 35.6 Å². The monoisotopic (exact) mass is 448 g/mol. The van der Waals surface area contributed by atoms with E-state index in [4.69, 9.17) is 28.3 Å². The molecular formula is C20H14Cl2N2O4S. The Bertz CT molecular complexity index is 1120. The number of thiophene rings is 1. The number of hydrogen-bond acceptors (Lipinski definition) is 5. The Morgan fingerprint density at radius 2 is 1.69 bits per heavy atom. The third-order valence-corrected chi connectivity index (χ3v) is 5.81. The molecule has 0 radical (unpaired) electrons. The van der Waals surface area contributed by atoms with E-state index >= 15 is 0 Å². The summed E-state index contributed by atoms with van der Waals surface area (Å²) in [4.78, 5) is 23.7. The van der Waals surface area contributed by atoms with Gasteiger partial charge in [-0.3, -0.25) is 4.79 Å². The van der Waals surface area contributed by atoms with Crippen molar-refractivity contribution in [3.05, 3.63) is 74.6 Å². The Morgan fingerprint density at radius 3 is 2.31 bits per heavy atom. The molecule has 6 nitrogen and oxygen atoms in total. The molecule has 9 heteroatoms. The average molecular weight is 449 g/mol. The predicted octanol–water partition coefficient (Wildman–Crippen LogP) is 5.28. The molecule has 0 bridgehead atoms. The van der Waals surface area contributed by atoms with Crippen LogP contribution in [0.25, 0.3) is 10.4 Å². The van der Waals surface area contributed by atoms with Gasteiger partial charge in [-0.05, 0) is 48.9 Å². The van der Waals surface area contributed by atoms with Gasteiger partial charge in [-0.25, -0.2) is 10.2 Å². The number of amides is 1. The number of hydrogen-bond donors (Lipinski definition) is 3. The third kappa shape index (κ3) is 4.59. The minimum Gasteiger partial charge on any atom is -0.506 e. The SMILES string of the molecule is CC(=NNC(=O)c1ccc(C(=O)O)cc1)c1csc(-c2ccc(Cl)c(Cl)c2)c1O. The van der Waals surface area contributed by atoms with Crippen LogP contribution in [0.4, 0.5) is 0 Å². The van der Waals surface area contributed by atoms with Crippen LogP contribution in [0.2, 0.25) is 10.0 Å². The van der Waals surface area contributed by atoms with E-state index in [-0.39, 0.29) is 16.9 Å². The van der Waals surface area contributed by atoms with Crippen molar-refractivity contribution in [2.24, 2.45) is 5.10 Å². The number of carboxylic acid groups (broad SMARTS) is 1. The lowest BCUT2D eigenvalue weighted by molar-refractivity contribution is 0.0696. The summed E-state index contributed by atoms with van der Waals surface area (Å²) in [6, 6.07) is 10.5. The summed E-state index contributed by atoms with van der Waals surface area (Å²) in [6.07, 6.45) is 0. The summed E-state index contributed by atoms with van der Waals surface area (Å²) in [7, 11) is 0. The van der Waals surface area contributed by atoms with Gasteiger partial charge >= 0.3 is 5.97 Å². The van der Waals surface area contributed by atoms with Gasteiger partial charge in [-0.2, -0.15) is 5.10 Å². The maximum atomic E-state index is 12.2. The molecule has 0 fully saturated rings. The highest BCUT2D eigenvalue weighted by Crippen LogP contribution is 2.40. The number of rotatable bonds is 5. The first-order chi connectivity index (χ1) is 13.8. The van der Waals surface area contributed by atoms with Crippen LogP contribution in [0.1, 0.15) is 33.2 Å². The van der Waals surface area contributed by atoms with Crippen LogP contribution >= 0.6 is 34.5 Å². The molecule has 29 heavy (non-hydrogen) atoms. The molecule has 1 heterocycles. The van der Waals surface area contributed by atoms with Crippen molar-refractivity contribution in [3.8, 4) is 16.2 Å². The molecule has 148 valence electrons. The van der Waals surface area contributed by atoms with E-state index in [9.17, 15) is 14.7 Å². The normalized spacial score (nSPS) is 11.3. The van der Waals surface area contributed by atoms with E-state index in [1.54, 1.807) is 30.5 Å². The number of nitrogens with one attached hydrogen (secondary N) is 1. The van der Waals surface area contributed by atoms with Gasteiger partial charge in [0.2, 0.25) is 0 Å². The van der Waals surface area contributed by atoms with E-state index in [0.29, 0.717) is 31.8 Å². The number of hydrazone groups is 1. The first-order valence-electron chi connectivity index (χ1n) is 8.22. The van der Waals surface area contributed by atoms with Crippen molar-refractivity contribution < 1.29 is 19.8 Å². The van der Waals surface area contributed by atoms with Gasteiger partial charge in [-0.1, -0.05) is 29.3 Å². The lowest BCUT2D eigenvalue weighted by Gasteiger charge is -2.04. The number of aromatic hydroxyl groups is 1. The Morgan fingerprint density at radius 1 is 1.03 bits per heavy atom. The standard InChI is InChI=1S/C20H14Cl2N2O4S/c1-10(23-24-19(26)11-2-4-12(5-3-11)20(27)28)14-9-29-18(17(14)25)13-6-7-15(21)16(22)8-13/h2-9,25H,1H3,(H,24,26)(H,27,28). The molecule has 3 N–H and O–H groups in total. The Balaban J connectivity index is 1.78. The summed E-state index contributed by atoms with van der Waals surface area (Å²) in [6.45, 7) is 1.65. The number of nitrogens with zero attached hydrogens (tertiary/aromatic N) is 1. The number of carbonyl (C=O) groups excluding carboxylic acids is 1. The van der Waals surface area contributed by atoms with Gasteiger partial charge in [0.1, 0.15) is 5.75 Å². The molecule has 3 rings (SSSR count). The quantitative estimate of drug-likeness (QED) is 0.365. The number of halogens is 2. The summed E-state index contributed by atoms with van der Waals surface area (Å²) in [5.74, 6) is -1.55. The molecule has 3 aromatic rings. The maximum Gasteiger partial charge on any atom is 0.335 e. The molecule has 0 aliphatic heterocycles. The summed E-state index contributed by atoms with van der Waals surface area (Å²) < 4.78 is 0. The van der Waals surface area contributed by atoms with E-state index < -0.39 is 11.9 Å². The first-order valence-corrected chi connectivity index (χ1v) is 9.85. The van der Waals surface area contributed by atoms with Crippen LogP contribution in [0, 0.1) is 0 Å². The molecule has 1 aromatic heterocycles. The predicted molar refractivity (Wildman–Crippen MR) is 115 cm³/mol. The van der Waals surface area contributed by atoms with Crippen LogP contribution < -0.4 is 5.43 Å². The average Bonchev–Trinajstić information content (AvgIpc) is 3.09. The highest BCUT2D eigenvalue weighted by molar-refractivity contribution is 7.14. The van der Waals surface area contributed by atoms with Crippen LogP contribution in [0.15, 0.2) is 52.9 Å². The largest absolute Gasteiger partial charge is 0.506 e. The molecule has 0 saturated heterocycles. The minimum absolute atomic E-state index is 0.0229. The van der Waals surface area contributed by atoms with Crippen LogP contribution in [-0.2, 0) is 0 Å². The smallest absolute Gasteiger partial charge is 0.335 e. The fraction of sp³-hybridized carbons (Fsp3) is 0.0500. The lowest BCUT2D eigenvalue weighted by Crippen LogP contribution is -2.19. The number of aromatic carboxylic acids is 1. The van der Waals surface area contributed by atoms with E-state index in [0.717, 1.165) is 0 Å². The van der Waals surface area contributed by atoms with Crippen molar-refractivity contribution >= 4 is 52.1 Å². The van der Waals surface area contributed by atoms with Crippen molar-refractivity contribution in [1.29, 1.82) is 0 Å². The van der Waals surface area contributed by atoms with Gasteiger partial charge in [0.25, 0.3) is 5.91 Å². The van der Waals surface area contributed by atoms with Gasteiger partial charge in [0, 0.05) is 10.9 Å². The van der Waals surface area contributed by atoms with Gasteiger partial charge in [0.05, 0.1) is 31.8 Å². The fourth-order valence-electron chi connectivity index (χ4n) is 2.47. The molecule has 0 aliphatic carbocycles. The van der Waals surface area contributed by atoms with Crippen molar-refractivity contribution in [2.45, 2.75) is 6.92 Å². The first kappa shape index (κ1) is 20.9. The Labute approximate surface area is 180 Å². The highest BCUT2D eigenvalue weighted by Gasteiger charge is 2.16. The van der Waals surface area contributed by atoms with E-state index in [1.807, 2.05) is 0 Å². The van der Waals surface area contributed by atoms with Gasteiger partial charge in [0.15, 0.2) is 0 Å². The summed E-state index contributed by atoms with van der Waals surface area (Å²) >= 11 is 13.3. The maximum absolute atomic E-state index is 12.2. The molecule has 0 unspecified atom stereocenters.